The number of carbonyl (C=O) groups is 2. The molecule has 1 amide bonds. The average Bonchev–Trinajstić information content (AvgIpc) is 2.92. The van der Waals surface area contributed by atoms with E-state index in [1.54, 1.807) is 12.5 Å². The quantitative estimate of drug-likeness (QED) is 0.724. The zero-order valence-electron chi connectivity index (χ0n) is 9.96. The molecule has 0 aliphatic heterocycles. The number of aromatic amines is 1. The Morgan fingerprint density at radius 3 is 2.79 bits per heavy atom. The summed E-state index contributed by atoms with van der Waals surface area (Å²) >= 11 is 0. The smallest absolute Gasteiger partial charge is 0.354 e. The van der Waals surface area contributed by atoms with Gasteiger partial charge >= 0.3 is 5.97 Å². The first-order valence-electron chi connectivity index (χ1n) is 5.62. The van der Waals surface area contributed by atoms with E-state index in [9.17, 15) is 9.59 Å². The van der Waals surface area contributed by atoms with Crippen LogP contribution in [0.4, 0.5) is 0 Å². The predicted octanol–water partition coefficient (Wildman–Crippen LogP) is 0.475. The van der Waals surface area contributed by atoms with E-state index in [0.717, 1.165) is 5.69 Å². The average molecular weight is 260 g/mol. The predicted molar refractivity (Wildman–Crippen MR) is 65.8 cm³/mol. The number of aromatic carboxylic acids is 1. The van der Waals surface area contributed by atoms with Crippen LogP contribution >= 0.6 is 0 Å². The first-order chi connectivity index (χ1) is 9.16. The Labute approximate surface area is 108 Å². The summed E-state index contributed by atoms with van der Waals surface area (Å²) in [5, 5.41) is 11.4. The van der Waals surface area contributed by atoms with E-state index in [-0.39, 0.29) is 11.4 Å². The minimum atomic E-state index is -1.16. The number of pyridine rings is 1. The normalized spacial score (nSPS) is 10.1. The third-order valence-electron chi connectivity index (χ3n) is 2.44. The molecule has 0 spiro atoms. The molecular formula is C12H12N4O3. The zero-order valence-corrected chi connectivity index (χ0v) is 9.96. The molecule has 2 heterocycles. The number of nitrogens with one attached hydrogen (secondary N) is 2. The lowest BCUT2D eigenvalue weighted by atomic mass is 10.2. The molecular weight excluding hydrogens is 248 g/mol. The van der Waals surface area contributed by atoms with E-state index >= 15 is 0 Å². The summed E-state index contributed by atoms with van der Waals surface area (Å²) in [7, 11) is 0. The summed E-state index contributed by atoms with van der Waals surface area (Å²) in [5.74, 6) is -1.56. The number of hydrogen-bond acceptors (Lipinski definition) is 4. The van der Waals surface area contributed by atoms with Gasteiger partial charge in [0.25, 0.3) is 5.91 Å². The lowest BCUT2D eigenvalue weighted by Gasteiger charge is -2.04. The molecule has 7 heteroatoms. The van der Waals surface area contributed by atoms with E-state index < -0.39 is 11.9 Å². The molecule has 3 N–H and O–H groups in total. The minimum absolute atomic E-state index is 0.0875. The molecule has 0 aromatic carbocycles. The Balaban J connectivity index is 1.92. The number of hydrogen-bond donors (Lipinski definition) is 3. The minimum Gasteiger partial charge on any atom is -0.477 e. The van der Waals surface area contributed by atoms with Crippen molar-refractivity contribution in [2.45, 2.75) is 6.42 Å². The van der Waals surface area contributed by atoms with Gasteiger partial charge in [-0.15, -0.1) is 0 Å². The van der Waals surface area contributed by atoms with Crippen molar-refractivity contribution >= 4 is 11.9 Å². The highest BCUT2D eigenvalue weighted by Gasteiger charge is 2.10. The van der Waals surface area contributed by atoms with Crippen LogP contribution in [0.15, 0.2) is 30.7 Å². The van der Waals surface area contributed by atoms with E-state index in [4.69, 9.17) is 5.11 Å². The number of imidazole rings is 1. The molecule has 0 saturated carbocycles. The zero-order chi connectivity index (χ0) is 13.7. The maximum absolute atomic E-state index is 11.8. The summed E-state index contributed by atoms with van der Waals surface area (Å²) in [5.41, 5.74) is 0.846. The fourth-order valence-electron chi connectivity index (χ4n) is 1.50. The number of carbonyl (C=O) groups excluding carboxylic acids is 1. The van der Waals surface area contributed by atoms with Gasteiger partial charge in [-0.3, -0.25) is 4.79 Å². The monoisotopic (exact) mass is 260 g/mol. The molecule has 0 aliphatic carbocycles. The molecule has 98 valence electrons. The topological polar surface area (TPSA) is 108 Å². The van der Waals surface area contributed by atoms with Crippen LogP contribution in [0.2, 0.25) is 0 Å². The SMILES string of the molecule is O=C(O)c1cccc(C(=O)NCCc2cnc[nH]2)n1. The van der Waals surface area contributed by atoms with Crippen LogP contribution in [-0.4, -0.2) is 38.5 Å². The van der Waals surface area contributed by atoms with Crippen molar-refractivity contribution < 1.29 is 14.7 Å². The number of aromatic nitrogens is 3. The molecule has 0 atom stereocenters. The van der Waals surface area contributed by atoms with Crippen molar-refractivity contribution in [2.24, 2.45) is 0 Å². The van der Waals surface area contributed by atoms with Crippen LogP contribution in [0.1, 0.15) is 26.7 Å². The molecule has 0 radical (unpaired) electrons. The number of carboxylic acids is 1. The Morgan fingerprint density at radius 1 is 1.32 bits per heavy atom. The second kappa shape index (κ2) is 5.76. The molecule has 7 nitrogen and oxygen atoms in total. The van der Waals surface area contributed by atoms with Crippen molar-refractivity contribution in [1.82, 2.24) is 20.3 Å². The number of amides is 1. The van der Waals surface area contributed by atoms with Crippen LogP contribution in [-0.2, 0) is 6.42 Å². The molecule has 0 bridgehead atoms. The van der Waals surface area contributed by atoms with Crippen molar-refractivity contribution in [1.29, 1.82) is 0 Å². The second-order valence-electron chi connectivity index (χ2n) is 3.80. The lowest BCUT2D eigenvalue weighted by Crippen LogP contribution is -2.27. The second-order valence-corrected chi connectivity index (χ2v) is 3.80. The largest absolute Gasteiger partial charge is 0.477 e. The van der Waals surface area contributed by atoms with Gasteiger partial charge in [0.15, 0.2) is 0 Å². The van der Waals surface area contributed by atoms with Gasteiger partial charge in [0.1, 0.15) is 11.4 Å². The van der Waals surface area contributed by atoms with E-state index in [0.29, 0.717) is 13.0 Å². The third kappa shape index (κ3) is 3.38. The van der Waals surface area contributed by atoms with Gasteiger partial charge in [-0.25, -0.2) is 14.8 Å². The maximum Gasteiger partial charge on any atom is 0.354 e. The molecule has 0 aliphatic rings. The Hall–Kier alpha value is -2.70. The standard InChI is InChI=1S/C12H12N4O3/c17-11(14-5-4-8-6-13-7-15-8)9-2-1-3-10(16-9)12(18)19/h1-3,6-7H,4-5H2,(H,13,15)(H,14,17)(H,18,19). The van der Waals surface area contributed by atoms with Crippen molar-refractivity contribution in [3.63, 3.8) is 0 Å². The first kappa shape index (κ1) is 12.7. The lowest BCUT2D eigenvalue weighted by molar-refractivity contribution is 0.0690. The van der Waals surface area contributed by atoms with E-state index in [2.05, 4.69) is 20.3 Å². The molecule has 0 unspecified atom stereocenters. The van der Waals surface area contributed by atoms with Gasteiger partial charge in [0.2, 0.25) is 0 Å². The number of nitrogens with zero attached hydrogens (tertiary/aromatic N) is 2. The maximum atomic E-state index is 11.8. The summed E-state index contributed by atoms with van der Waals surface area (Å²) in [6, 6.07) is 4.29. The highest BCUT2D eigenvalue weighted by Crippen LogP contribution is 2.00. The third-order valence-corrected chi connectivity index (χ3v) is 2.44. The first-order valence-corrected chi connectivity index (χ1v) is 5.62. The van der Waals surface area contributed by atoms with E-state index in [1.165, 1.54) is 18.2 Å². The van der Waals surface area contributed by atoms with Gasteiger partial charge in [-0.05, 0) is 12.1 Å². The van der Waals surface area contributed by atoms with Gasteiger partial charge in [-0.1, -0.05) is 6.07 Å². The Morgan fingerprint density at radius 2 is 2.11 bits per heavy atom. The molecule has 2 rings (SSSR count). The Kier molecular flexibility index (Phi) is 3.87. The molecule has 0 saturated heterocycles. The summed E-state index contributed by atoms with van der Waals surface area (Å²) in [6.07, 6.45) is 3.86. The fraction of sp³-hybridized carbons (Fsp3) is 0.167. The number of H-pyrrole nitrogens is 1. The molecule has 0 fully saturated rings. The van der Waals surface area contributed by atoms with E-state index in [1.807, 2.05) is 0 Å². The fourth-order valence-corrected chi connectivity index (χ4v) is 1.50. The van der Waals surface area contributed by atoms with Gasteiger partial charge in [0, 0.05) is 24.9 Å². The number of rotatable bonds is 5. The van der Waals surface area contributed by atoms with Crippen molar-refractivity contribution in [2.75, 3.05) is 6.54 Å². The van der Waals surface area contributed by atoms with Crippen molar-refractivity contribution in [3.05, 3.63) is 47.8 Å². The van der Waals surface area contributed by atoms with Crippen LogP contribution < -0.4 is 5.32 Å². The van der Waals surface area contributed by atoms with Crippen LogP contribution in [0.25, 0.3) is 0 Å². The van der Waals surface area contributed by atoms with Crippen LogP contribution in [0, 0.1) is 0 Å². The highest BCUT2D eigenvalue weighted by atomic mass is 16.4. The van der Waals surface area contributed by atoms with Crippen molar-refractivity contribution in [3.8, 4) is 0 Å². The molecule has 2 aromatic heterocycles. The van der Waals surface area contributed by atoms with Crippen LogP contribution in [0.3, 0.4) is 0 Å². The highest BCUT2D eigenvalue weighted by molar-refractivity contribution is 5.94. The number of carboxylic acid groups (broad SMARTS) is 1. The van der Waals surface area contributed by atoms with Crippen LogP contribution in [0.5, 0.6) is 0 Å². The van der Waals surface area contributed by atoms with Gasteiger partial charge in [-0.2, -0.15) is 0 Å². The van der Waals surface area contributed by atoms with Gasteiger partial charge < -0.3 is 15.4 Å². The summed E-state index contributed by atoms with van der Waals surface area (Å²) in [6.45, 7) is 0.417. The van der Waals surface area contributed by atoms with Gasteiger partial charge in [0.05, 0.1) is 6.33 Å². The Bertz CT molecular complexity index is 580. The molecule has 2 aromatic rings. The molecule has 19 heavy (non-hydrogen) atoms. The summed E-state index contributed by atoms with van der Waals surface area (Å²) < 4.78 is 0. The summed E-state index contributed by atoms with van der Waals surface area (Å²) in [4.78, 5) is 33.0.